The van der Waals surface area contributed by atoms with Gasteiger partial charge in [0.2, 0.25) is 21.8 Å². The van der Waals surface area contributed by atoms with Crippen LogP contribution in [0.1, 0.15) is 26.3 Å². The monoisotopic (exact) mass is 649 g/mol. The van der Waals surface area contributed by atoms with Crippen LogP contribution < -0.4 is 9.62 Å². The zero-order valence-corrected chi connectivity index (χ0v) is 23.6. The number of halogens is 2. The average Bonchev–Trinajstić information content (AvgIpc) is 2.74. The number of nitrogens with zero attached hydrogens (tertiary/aromatic N) is 2. The number of anilines is 1. The molecule has 0 fully saturated rings. The summed E-state index contributed by atoms with van der Waals surface area (Å²) in [5.74, 6) is -0.484. The van der Waals surface area contributed by atoms with Gasteiger partial charge < -0.3 is 10.2 Å². The van der Waals surface area contributed by atoms with Crippen LogP contribution in [-0.2, 0) is 26.2 Å². The van der Waals surface area contributed by atoms with Crippen molar-refractivity contribution in [3.05, 3.63) is 62.1 Å². The lowest BCUT2D eigenvalue weighted by molar-refractivity contribution is -0.139. The molecule has 2 amide bonds. The van der Waals surface area contributed by atoms with Crippen LogP contribution in [0.2, 0.25) is 0 Å². The molecule has 180 valence electrons. The molecule has 1 atom stereocenters. The molecule has 0 saturated carbocycles. The Morgan fingerprint density at radius 1 is 1.03 bits per heavy atom. The molecule has 2 rings (SSSR count). The van der Waals surface area contributed by atoms with E-state index in [9.17, 15) is 18.0 Å². The highest BCUT2D eigenvalue weighted by Gasteiger charge is 2.30. The number of carbonyl (C=O) groups is 2. The first-order valence-corrected chi connectivity index (χ1v) is 14.2. The molecule has 0 bridgehead atoms. The van der Waals surface area contributed by atoms with Crippen LogP contribution in [-0.4, -0.2) is 50.5 Å². The lowest BCUT2D eigenvalue weighted by Gasteiger charge is -2.31. The normalized spacial score (nSPS) is 12.3. The molecular formula is C23H29BrIN3O4S. The van der Waals surface area contributed by atoms with Crippen molar-refractivity contribution >= 4 is 66.0 Å². The van der Waals surface area contributed by atoms with Crippen molar-refractivity contribution in [2.45, 2.75) is 33.4 Å². The lowest BCUT2D eigenvalue weighted by Crippen LogP contribution is -2.51. The van der Waals surface area contributed by atoms with Crippen LogP contribution in [0.15, 0.2) is 53.0 Å². The van der Waals surface area contributed by atoms with Gasteiger partial charge in [-0.05, 0) is 77.4 Å². The van der Waals surface area contributed by atoms with E-state index in [1.807, 2.05) is 38.1 Å². The number of nitrogens with one attached hydrogen (secondary N) is 1. The quantitative estimate of drug-likeness (QED) is 0.394. The van der Waals surface area contributed by atoms with Gasteiger partial charge in [-0.2, -0.15) is 0 Å². The molecule has 0 unspecified atom stereocenters. The summed E-state index contributed by atoms with van der Waals surface area (Å²) in [4.78, 5) is 27.6. The Kier molecular flexibility index (Phi) is 10.2. The van der Waals surface area contributed by atoms with Gasteiger partial charge in [0.05, 0.1) is 11.9 Å². The van der Waals surface area contributed by atoms with E-state index in [0.29, 0.717) is 12.2 Å². The van der Waals surface area contributed by atoms with Gasteiger partial charge in [-0.1, -0.05) is 41.9 Å². The summed E-state index contributed by atoms with van der Waals surface area (Å²) in [6.07, 6.45) is 1.07. The summed E-state index contributed by atoms with van der Waals surface area (Å²) in [5.41, 5.74) is 1.22. The van der Waals surface area contributed by atoms with Crippen LogP contribution in [0, 0.1) is 9.49 Å². The van der Waals surface area contributed by atoms with Gasteiger partial charge in [0.1, 0.15) is 12.6 Å². The molecular weight excluding hydrogens is 621 g/mol. The second-order valence-corrected chi connectivity index (χ2v) is 12.3. The van der Waals surface area contributed by atoms with Crippen LogP contribution >= 0.6 is 38.5 Å². The molecule has 1 N–H and O–H groups in total. The Morgan fingerprint density at radius 3 is 2.12 bits per heavy atom. The summed E-state index contributed by atoms with van der Waals surface area (Å²) in [6, 6.07) is 13.5. The fourth-order valence-electron chi connectivity index (χ4n) is 3.04. The van der Waals surface area contributed by atoms with Crippen molar-refractivity contribution in [1.29, 1.82) is 0 Å². The van der Waals surface area contributed by atoms with Gasteiger partial charge in [-0.3, -0.25) is 13.9 Å². The van der Waals surface area contributed by atoms with Gasteiger partial charge >= 0.3 is 0 Å². The molecule has 2 aromatic rings. The van der Waals surface area contributed by atoms with Crippen molar-refractivity contribution < 1.29 is 18.0 Å². The first kappa shape index (κ1) is 27.6. The van der Waals surface area contributed by atoms with E-state index in [1.54, 1.807) is 31.2 Å². The lowest BCUT2D eigenvalue weighted by atomic mass is 10.1. The molecule has 7 nitrogen and oxygen atoms in total. The molecule has 0 heterocycles. The van der Waals surface area contributed by atoms with Gasteiger partial charge in [0, 0.05) is 21.1 Å². The van der Waals surface area contributed by atoms with Crippen molar-refractivity contribution in [2.75, 3.05) is 23.7 Å². The van der Waals surface area contributed by atoms with Crippen LogP contribution in [0.5, 0.6) is 0 Å². The van der Waals surface area contributed by atoms with Gasteiger partial charge in [-0.15, -0.1) is 0 Å². The number of carbonyl (C=O) groups excluding carboxylic acids is 2. The van der Waals surface area contributed by atoms with Gasteiger partial charge in [0.15, 0.2) is 0 Å². The highest BCUT2D eigenvalue weighted by molar-refractivity contribution is 14.1. The van der Waals surface area contributed by atoms with Crippen molar-refractivity contribution in [1.82, 2.24) is 10.2 Å². The first-order chi connectivity index (χ1) is 15.4. The Bertz CT molecular complexity index is 1060. The predicted molar refractivity (Wildman–Crippen MR) is 143 cm³/mol. The topological polar surface area (TPSA) is 86.8 Å². The molecule has 0 radical (unpaired) electrons. The van der Waals surface area contributed by atoms with E-state index in [4.69, 9.17) is 0 Å². The SMILES string of the molecule is CC(C)CNC(=O)[C@H](C)N(Cc1ccc(Br)cc1)C(=O)CN(c1ccc(I)cc1)S(C)(=O)=O. The number of benzene rings is 2. The largest absolute Gasteiger partial charge is 0.354 e. The summed E-state index contributed by atoms with van der Waals surface area (Å²) < 4.78 is 28.0. The van der Waals surface area contributed by atoms with Crippen LogP contribution in [0.25, 0.3) is 0 Å². The Labute approximate surface area is 218 Å². The average molecular weight is 650 g/mol. The maximum absolute atomic E-state index is 13.4. The highest BCUT2D eigenvalue weighted by atomic mass is 127. The number of hydrogen-bond acceptors (Lipinski definition) is 4. The fraction of sp³-hybridized carbons (Fsp3) is 0.391. The molecule has 2 aromatic carbocycles. The summed E-state index contributed by atoms with van der Waals surface area (Å²) in [6.45, 7) is 5.88. The van der Waals surface area contributed by atoms with Gasteiger partial charge in [0.25, 0.3) is 0 Å². The summed E-state index contributed by atoms with van der Waals surface area (Å²) in [7, 11) is -3.73. The zero-order valence-electron chi connectivity index (χ0n) is 19.1. The Morgan fingerprint density at radius 2 is 1.61 bits per heavy atom. The third-order valence-electron chi connectivity index (χ3n) is 4.91. The van der Waals surface area contributed by atoms with Crippen LogP contribution in [0.4, 0.5) is 5.69 Å². The molecule has 0 saturated heterocycles. The first-order valence-electron chi connectivity index (χ1n) is 10.4. The smallest absolute Gasteiger partial charge is 0.244 e. The van der Waals surface area contributed by atoms with E-state index in [2.05, 4.69) is 43.8 Å². The van der Waals surface area contributed by atoms with E-state index >= 15 is 0 Å². The maximum atomic E-state index is 13.4. The molecule has 0 aliphatic carbocycles. The summed E-state index contributed by atoms with van der Waals surface area (Å²) in [5, 5.41) is 2.86. The number of sulfonamides is 1. The van der Waals surface area contributed by atoms with Crippen molar-refractivity contribution in [2.24, 2.45) is 5.92 Å². The number of hydrogen-bond donors (Lipinski definition) is 1. The zero-order chi connectivity index (χ0) is 24.8. The Hall–Kier alpha value is -1.66. The molecule has 0 spiro atoms. The second-order valence-electron chi connectivity index (χ2n) is 8.21. The van der Waals surface area contributed by atoms with Crippen molar-refractivity contribution in [3.8, 4) is 0 Å². The van der Waals surface area contributed by atoms with Gasteiger partial charge in [-0.25, -0.2) is 8.42 Å². The van der Waals surface area contributed by atoms with E-state index in [0.717, 1.165) is 24.2 Å². The third-order valence-corrected chi connectivity index (χ3v) is 7.30. The molecule has 0 aromatic heterocycles. The fourth-order valence-corrected chi connectivity index (χ4v) is 4.52. The molecule has 0 aliphatic rings. The standard InChI is InChI=1S/C23H29BrIN3O4S/c1-16(2)13-26-23(30)17(3)27(14-18-5-7-19(24)8-6-18)22(29)15-28(33(4,31)32)21-11-9-20(25)10-12-21/h5-12,16-17H,13-15H2,1-4H3,(H,26,30)/t17-/m0/s1. The Balaban J connectivity index is 2.34. The molecule has 0 aliphatic heterocycles. The molecule has 33 heavy (non-hydrogen) atoms. The minimum atomic E-state index is -3.73. The second kappa shape index (κ2) is 12.2. The van der Waals surface area contributed by atoms with Crippen LogP contribution in [0.3, 0.4) is 0 Å². The minimum Gasteiger partial charge on any atom is -0.354 e. The number of rotatable bonds is 10. The highest BCUT2D eigenvalue weighted by Crippen LogP contribution is 2.21. The van der Waals surface area contributed by atoms with E-state index in [1.165, 1.54) is 4.90 Å². The maximum Gasteiger partial charge on any atom is 0.244 e. The predicted octanol–water partition coefficient (Wildman–Crippen LogP) is 4.01. The van der Waals surface area contributed by atoms with Crippen molar-refractivity contribution in [3.63, 3.8) is 0 Å². The summed E-state index contributed by atoms with van der Waals surface area (Å²) >= 11 is 5.52. The van der Waals surface area contributed by atoms with E-state index in [-0.39, 0.29) is 18.4 Å². The third kappa shape index (κ3) is 8.56. The van der Waals surface area contributed by atoms with E-state index < -0.39 is 28.5 Å². The number of amides is 2. The minimum absolute atomic E-state index is 0.173. The molecule has 10 heteroatoms.